The molecule has 0 unspecified atom stereocenters. The smallest absolute Gasteiger partial charge is 0.127 e. The third-order valence-electron chi connectivity index (χ3n) is 2.06. The topological polar surface area (TPSA) is 17.1 Å². The van der Waals surface area contributed by atoms with Crippen LogP contribution >= 0.6 is 0 Å². The monoisotopic (exact) mass is 132 g/mol. The molecule has 1 nitrogen and oxygen atoms in total. The number of aldehydes is 1. The van der Waals surface area contributed by atoms with E-state index in [9.17, 15) is 4.79 Å². The normalized spacial score (nSPS) is 21.0. The van der Waals surface area contributed by atoms with E-state index in [0.717, 1.165) is 12.7 Å². The molecular formula is C9H8O. The Balaban J connectivity index is 2.42. The minimum atomic E-state index is 0.191. The Kier molecular flexibility index (Phi) is 1.10. The van der Waals surface area contributed by atoms with Gasteiger partial charge < -0.3 is 4.79 Å². The Morgan fingerprint density at radius 2 is 2.20 bits per heavy atom. The van der Waals surface area contributed by atoms with E-state index < -0.39 is 0 Å². The number of rotatable bonds is 1. The summed E-state index contributed by atoms with van der Waals surface area (Å²) in [6, 6.07) is 8.10. The van der Waals surface area contributed by atoms with Crippen molar-refractivity contribution in [1.82, 2.24) is 0 Å². The lowest BCUT2D eigenvalue weighted by atomic mass is 9.79. The predicted molar refractivity (Wildman–Crippen MR) is 39.0 cm³/mol. The highest BCUT2D eigenvalue weighted by atomic mass is 16.1. The lowest BCUT2D eigenvalue weighted by Crippen LogP contribution is -2.17. The maximum atomic E-state index is 10.3. The highest BCUT2D eigenvalue weighted by Gasteiger charge is 2.23. The molecular weight excluding hydrogens is 124 g/mol. The Morgan fingerprint density at radius 3 is 2.90 bits per heavy atom. The lowest BCUT2D eigenvalue weighted by Gasteiger charge is -2.24. The van der Waals surface area contributed by atoms with Crippen LogP contribution in [-0.2, 0) is 11.2 Å². The minimum absolute atomic E-state index is 0.191. The molecule has 0 aromatic heterocycles. The van der Waals surface area contributed by atoms with Crippen LogP contribution in [0.3, 0.4) is 0 Å². The first-order chi connectivity index (χ1) is 4.92. The van der Waals surface area contributed by atoms with Crippen molar-refractivity contribution in [3.8, 4) is 0 Å². The molecule has 1 atom stereocenters. The van der Waals surface area contributed by atoms with Crippen LogP contribution in [0.2, 0.25) is 0 Å². The summed E-state index contributed by atoms with van der Waals surface area (Å²) in [6.45, 7) is 0. The van der Waals surface area contributed by atoms with Crippen molar-refractivity contribution in [3.63, 3.8) is 0 Å². The molecule has 0 aliphatic heterocycles. The third-order valence-corrected chi connectivity index (χ3v) is 2.06. The Labute approximate surface area is 59.7 Å². The minimum Gasteiger partial charge on any atom is -0.303 e. The molecule has 1 aliphatic rings. The second-order valence-corrected chi connectivity index (χ2v) is 2.65. The summed E-state index contributed by atoms with van der Waals surface area (Å²) >= 11 is 0. The third kappa shape index (κ3) is 0.604. The molecule has 0 heterocycles. The zero-order valence-corrected chi connectivity index (χ0v) is 5.58. The van der Waals surface area contributed by atoms with Crippen LogP contribution < -0.4 is 0 Å². The van der Waals surface area contributed by atoms with Gasteiger partial charge in [0.2, 0.25) is 0 Å². The average molecular weight is 132 g/mol. The van der Waals surface area contributed by atoms with Gasteiger partial charge in [0.1, 0.15) is 6.29 Å². The molecule has 1 aromatic rings. The summed E-state index contributed by atoms with van der Waals surface area (Å²) in [4.78, 5) is 10.3. The van der Waals surface area contributed by atoms with E-state index in [-0.39, 0.29) is 5.92 Å². The lowest BCUT2D eigenvalue weighted by molar-refractivity contribution is -0.109. The summed E-state index contributed by atoms with van der Waals surface area (Å²) in [6.07, 6.45) is 1.97. The number of fused-ring (bicyclic) bond motifs is 1. The van der Waals surface area contributed by atoms with Crippen molar-refractivity contribution < 1.29 is 4.79 Å². The van der Waals surface area contributed by atoms with Gasteiger partial charge in [0.25, 0.3) is 0 Å². The first-order valence-corrected chi connectivity index (χ1v) is 3.45. The van der Waals surface area contributed by atoms with E-state index in [1.165, 1.54) is 11.1 Å². The quantitative estimate of drug-likeness (QED) is 0.529. The zero-order chi connectivity index (χ0) is 6.97. The molecule has 0 fully saturated rings. The van der Waals surface area contributed by atoms with E-state index in [1.54, 1.807) is 0 Å². The second-order valence-electron chi connectivity index (χ2n) is 2.65. The number of carbonyl (C=O) groups excluding carboxylic acids is 1. The predicted octanol–water partition coefficient (Wildman–Crippen LogP) is 1.53. The van der Waals surface area contributed by atoms with Gasteiger partial charge in [-0.05, 0) is 17.5 Å². The standard InChI is InChI=1S/C9H8O/c10-6-8-5-7-3-1-2-4-9(7)8/h1-4,6,8H,5H2/t8-/m0/s1. The SMILES string of the molecule is O=C[C@@H]1Cc2ccccc21. The van der Waals surface area contributed by atoms with Gasteiger partial charge in [0.15, 0.2) is 0 Å². The van der Waals surface area contributed by atoms with Gasteiger partial charge in [0, 0.05) is 5.92 Å². The summed E-state index contributed by atoms with van der Waals surface area (Å²) < 4.78 is 0. The molecule has 1 heteroatoms. The van der Waals surface area contributed by atoms with Crippen LogP contribution in [0.5, 0.6) is 0 Å². The first-order valence-electron chi connectivity index (χ1n) is 3.45. The van der Waals surface area contributed by atoms with Gasteiger partial charge in [-0.2, -0.15) is 0 Å². The highest BCUT2D eigenvalue weighted by molar-refractivity contribution is 5.68. The molecule has 2 rings (SSSR count). The van der Waals surface area contributed by atoms with Gasteiger partial charge in [-0.1, -0.05) is 24.3 Å². The van der Waals surface area contributed by atoms with Crippen molar-refractivity contribution in [3.05, 3.63) is 35.4 Å². The fraction of sp³-hybridized carbons (Fsp3) is 0.222. The summed E-state index contributed by atoms with van der Waals surface area (Å²) in [5.41, 5.74) is 2.55. The van der Waals surface area contributed by atoms with Gasteiger partial charge in [-0.3, -0.25) is 0 Å². The van der Waals surface area contributed by atoms with E-state index in [1.807, 2.05) is 18.2 Å². The van der Waals surface area contributed by atoms with Gasteiger partial charge in [0.05, 0.1) is 0 Å². The fourth-order valence-corrected chi connectivity index (χ4v) is 1.42. The van der Waals surface area contributed by atoms with Crippen LogP contribution in [0.1, 0.15) is 17.0 Å². The Hall–Kier alpha value is -1.11. The zero-order valence-electron chi connectivity index (χ0n) is 5.58. The molecule has 0 N–H and O–H groups in total. The summed E-state index contributed by atoms with van der Waals surface area (Å²) in [5, 5.41) is 0. The molecule has 10 heavy (non-hydrogen) atoms. The van der Waals surface area contributed by atoms with E-state index in [0.29, 0.717) is 0 Å². The van der Waals surface area contributed by atoms with E-state index in [4.69, 9.17) is 0 Å². The fourth-order valence-electron chi connectivity index (χ4n) is 1.42. The molecule has 0 saturated carbocycles. The van der Waals surface area contributed by atoms with E-state index in [2.05, 4.69) is 6.07 Å². The van der Waals surface area contributed by atoms with Crippen molar-refractivity contribution in [2.24, 2.45) is 0 Å². The molecule has 50 valence electrons. The number of carbonyl (C=O) groups is 1. The van der Waals surface area contributed by atoms with Crippen molar-refractivity contribution in [2.75, 3.05) is 0 Å². The molecule has 0 spiro atoms. The number of benzene rings is 1. The first kappa shape index (κ1) is 5.66. The number of hydrogen-bond acceptors (Lipinski definition) is 1. The van der Waals surface area contributed by atoms with Gasteiger partial charge >= 0.3 is 0 Å². The molecule has 0 saturated heterocycles. The van der Waals surface area contributed by atoms with E-state index >= 15 is 0 Å². The van der Waals surface area contributed by atoms with Gasteiger partial charge in [-0.25, -0.2) is 0 Å². The van der Waals surface area contributed by atoms with Crippen LogP contribution in [0.25, 0.3) is 0 Å². The summed E-state index contributed by atoms with van der Waals surface area (Å²) in [7, 11) is 0. The summed E-state index contributed by atoms with van der Waals surface area (Å²) in [5.74, 6) is 0.191. The second kappa shape index (κ2) is 1.94. The Morgan fingerprint density at radius 1 is 1.40 bits per heavy atom. The molecule has 0 amide bonds. The van der Waals surface area contributed by atoms with Crippen LogP contribution in [0.15, 0.2) is 24.3 Å². The van der Waals surface area contributed by atoms with Crippen molar-refractivity contribution >= 4 is 6.29 Å². The van der Waals surface area contributed by atoms with Gasteiger partial charge in [-0.15, -0.1) is 0 Å². The highest BCUT2D eigenvalue weighted by Crippen LogP contribution is 2.32. The molecule has 1 aliphatic carbocycles. The molecule has 0 radical (unpaired) electrons. The molecule has 1 aromatic carbocycles. The van der Waals surface area contributed by atoms with Crippen LogP contribution in [0.4, 0.5) is 0 Å². The van der Waals surface area contributed by atoms with Crippen molar-refractivity contribution in [1.29, 1.82) is 0 Å². The van der Waals surface area contributed by atoms with Crippen LogP contribution in [-0.4, -0.2) is 6.29 Å². The Bertz CT molecular complexity index is 265. The number of hydrogen-bond donors (Lipinski definition) is 0. The van der Waals surface area contributed by atoms with Crippen molar-refractivity contribution in [2.45, 2.75) is 12.3 Å². The maximum Gasteiger partial charge on any atom is 0.127 e. The average Bonchev–Trinajstić information content (AvgIpc) is 1.92. The molecule has 0 bridgehead atoms. The maximum absolute atomic E-state index is 10.3. The van der Waals surface area contributed by atoms with Crippen LogP contribution in [0, 0.1) is 0 Å². The largest absolute Gasteiger partial charge is 0.303 e.